The molecule has 0 spiro atoms. The van der Waals surface area contributed by atoms with Gasteiger partial charge in [-0.25, -0.2) is 8.42 Å². The van der Waals surface area contributed by atoms with E-state index in [0.29, 0.717) is 5.56 Å². The molecular weight excluding hydrogens is 358 g/mol. The number of ether oxygens (including phenoxy) is 2. The van der Waals surface area contributed by atoms with Crippen LogP contribution in [-0.4, -0.2) is 56.7 Å². The number of benzene rings is 1. The fourth-order valence-electron chi connectivity index (χ4n) is 3.00. The third-order valence-corrected chi connectivity index (χ3v) is 5.93. The first-order chi connectivity index (χ1) is 11.7. The van der Waals surface area contributed by atoms with Gasteiger partial charge in [-0.2, -0.15) is 0 Å². The van der Waals surface area contributed by atoms with Gasteiger partial charge < -0.3 is 14.8 Å². The van der Waals surface area contributed by atoms with Crippen LogP contribution >= 0.6 is 0 Å². The molecule has 25 heavy (non-hydrogen) atoms. The van der Waals surface area contributed by atoms with Crippen molar-refractivity contribution in [1.29, 1.82) is 0 Å². The van der Waals surface area contributed by atoms with Crippen molar-refractivity contribution in [3.63, 3.8) is 0 Å². The lowest BCUT2D eigenvalue weighted by Crippen LogP contribution is -2.49. The van der Waals surface area contributed by atoms with Crippen LogP contribution in [0.15, 0.2) is 18.2 Å². The van der Waals surface area contributed by atoms with Crippen LogP contribution in [-0.2, 0) is 21.2 Å². The summed E-state index contributed by atoms with van der Waals surface area (Å²) in [7, 11) is -1.77. The summed E-state index contributed by atoms with van der Waals surface area (Å²) in [5, 5.41) is 2.47. The fraction of sp³-hybridized carbons (Fsp3) is 0.533. The van der Waals surface area contributed by atoms with Gasteiger partial charge in [-0.15, -0.1) is 8.78 Å². The molecule has 0 saturated carbocycles. The zero-order valence-electron chi connectivity index (χ0n) is 13.5. The number of rotatable bonds is 4. The summed E-state index contributed by atoms with van der Waals surface area (Å²) >= 11 is 0. The van der Waals surface area contributed by atoms with Crippen LogP contribution in [0.2, 0.25) is 0 Å². The summed E-state index contributed by atoms with van der Waals surface area (Å²) in [5.41, 5.74) is 0.455. The van der Waals surface area contributed by atoms with Crippen molar-refractivity contribution in [3.8, 4) is 11.5 Å². The zero-order valence-corrected chi connectivity index (χ0v) is 14.3. The predicted molar refractivity (Wildman–Crippen MR) is 84.2 cm³/mol. The Bertz CT molecular complexity index is 784. The lowest BCUT2D eigenvalue weighted by molar-refractivity contribution is -0.287. The standard InChI is InChI=1S/C15H18F2N2O5S/c1-18-13(20)7-11-9-25(21,22)6-5-19(11)8-10-3-2-4-12-14(10)24-15(16,17)23-12/h2-4,11H,5-9H2,1H3,(H,18,20). The van der Waals surface area contributed by atoms with Crippen molar-refractivity contribution in [2.24, 2.45) is 0 Å². The largest absolute Gasteiger partial charge is 0.586 e. The molecule has 0 aliphatic carbocycles. The van der Waals surface area contributed by atoms with Crippen molar-refractivity contribution >= 4 is 15.7 Å². The number of sulfone groups is 1. The van der Waals surface area contributed by atoms with Crippen molar-refractivity contribution in [2.75, 3.05) is 25.1 Å². The number of carbonyl (C=O) groups is 1. The summed E-state index contributed by atoms with van der Waals surface area (Å²) in [6.07, 6.45) is -3.70. The molecular formula is C15H18F2N2O5S. The van der Waals surface area contributed by atoms with Crippen molar-refractivity contribution in [1.82, 2.24) is 10.2 Å². The Labute approximate surface area is 143 Å². The molecule has 1 saturated heterocycles. The first-order valence-corrected chi connectivity index (χ1v) is 9.54. The van der Waals surface area contributed by atoms with Crippen LogP contribution in [0.3, 0.4) is 0 Å². The summed E-state index contributed by atoms with van der Waals surface area (Å²) in [6, 6.07) is 4.02. The molecule has 2 aliphatic heterocycles. The Hall–Kier alpha value is -1.94. The monoisotopic (exact) mass is 376 g/mol. The molecule has 7 nitrogen and oxygen atoms in total. The average Bonchev–Trinajstić information content (AvgIpc) is 2.84. The topological polar surface area (TPSA) is 84.9 Å². The van der Waals surface area contributed by atoms with E-state index in [1.54, 1.807) is 17.0 Å². The Kier molecular flexibility index (Phi) is 4.58. The summed E-state index contributed by atoms with van der Waals surface area (Å²) in [4.78, 5) is 13.5. The first kappa shape index (κ1) is 17.9. The minimum atomic E-state index is -3.72. The predicted octanol–water partition coefficient (Wildman–Crippen LogP) is 0.743. The zero-order chi connectivity index (χ0) is 18.2. The maximum absolute atomic E-state index is 13.3. The van der Waals surface area contributed by atoms with Crippen LogP contribution < -0.4 is 14.8 Å². The molecule has 0 aromatic heterocycles. The molecule has 1 unspecified atom stereocenters. The van der Waals surface area contributed by atoms with E-state index in [-0.39, 0.29) is 48.4 Å². The molecule has 1 aromatic carbocycles. The van der Waals surface area contributed by atoms with Crippen molar-refractivity contribution in [2.45, 2.75) is 25.3 Å². The Morgan fingerprint density at radius 2 is 2.16 bits per heavy atom. The molecule has 138 valence electrons. The summed E-state index contributed by atoms with van der Waals surface area (Å²) in [5.74, 6) is -0.589. The van der Waals surface area contributed by atoms with E-state index in [1.165, 1.54) is 13.1 Å². The lowest BCUT2D eigenvalue weighted by Gasteiger charge is -2.35. The number of nitrogens with zero attached hydrogens (tertiary/aromatic N) is 1. The molecule has 1 aromatic rings. The second kappa shape index (κ2) is 6.41. The quantitative estimate of drug-likeness (QED) is 0.835. The third kappa shape index (κ3) is 4.01. The van der Waals surface area contributed by atoms with Gasteiger partial charge in [0.25, 0.3) is 0 Å². The molecule has 1 amide bonds. The van der Waals surface area contributed by atoms with Gasteiger partial charge >= 0.3 is 6.29 Å². The molecule has 3 rings (SSSR count). The molecule has 2 heterocycles. The van der Waals surface area contributed by atoms with Crippen LogP contribution in [0.5, 0.6) is 11.5 Å². The minimum Gasteiger partial charge on any atom is -0.395 e. The minimum absolute atomic E-state index is 0.0122. The highest BCUT2D eigenvalue weighted by atomic mass is 32.2. The number of alkyl halides is 2. The lowest BCUT2D eigenvalue weighted by atomic mass is 10.1. The highest BCUT2D eigenvalue weighted by Gasteiger charge is 2.44. The van der Waals surface area contributed by atoms with E-state index in [0.717, 1.165) is 0 Å². The molecule has 1 atom stereocenters. The summed E-state index contributed by atoms with van der Waals surface area (Å²) in [6.45, 7) is 0.394. The molecule has 0 radical (unpaired) electrons. The number of hydrogen-bond acceptors (Lipinski definition) is 6. The normalized spacial score (nSPS) is 24.0. The number of amides is 1. The average molecular weight is 376 g/mol. The molecule has 0 bridgehead atoms. The first-order valence-electron chi connectivity index (χ1n) is 7.72. The SMILES string of the molecule is CNC(=O)CC1CS(=O)(=O)CCN1Cc1cccc2c1OC(F)(F)O2. The van der Waals surface area contributed by atoms with Gasteiger partial charge in [0.2, 0.25) is 5.91 Å². The summed E-state index contributed by atoms with van der Waals surface area (Å²) < 4.78 is 59.4. The van der Waals surface area contributed by atoms with Gasteiger partial charge in [-0.1, -0.05) is 12.1 Å². The number of nitrogens with one attached hydrogen (secondary N) is 1. The van der Waals surface area contributed by atoms with Gasteiger partial charge in [0, 0.05) is 38.2 Å². The van der Waals surface area contributed by atoms with E-state index in [9.17, 15) is 22.0 Å². The number of carbonyl (C=O) groups excluding carboxylic acids is 1. The van der Waals surface area contributed by atoms with Crippen molar-refractivity contribution in [3.05, 3.63) is 23.8 Å². The van der Waals surface area contributed by atoms with Crippen molar-refractivity contribution < 1.29 is 31.5 Å². The van der Waals surface area contributed by atoms with E-state index in [2.05, 4.69) is 14.8 Å². The maximum Gasteiger partial charge on any atom is 0.586 e. The van der Waals surface area contributed by atoms with Crippen LogP contribution in [0.25, 0.3) is 0 Å². The highest BCUT2D eigenvalue weighted by Crippen LogP contribution is 2.43. The van der Waals surface area contributed by atoms with Gasteiger partial charge in [-0.3, -0.25) is 9.69 Å². The second-order valence-electron chi connectivity index (χ2n) is 6.03. The third-order valence-electron chi connectivity index (χ3n) is 4.24. The Morgan fingerprint density at radius 1 is 1.40 bits per heavy atom. The Balaban J connectivity index is 1.82. The molecule has 1 N–H and O–H groups in total. The van der Waals surface area contributed by atoms with E-state index >= 15 is 0 Å². The van der Waals surface area contributed by atoms with E-state index in [4.69, 9.17) is 0 Å². The van der Waals surface area contributed by atoms with Gasteiger partial charge in [0.1, 0.15) is 0 Å². The van der Waals surface area contributed by atoms with Gasteiger partial charge in [-0.05, 0) is 6.07 Å². The number of hydrogen-bond donors (Lipinski definition) is 1. The van der Waals surface area contributed by atoms with Gasteiger partial charge in [0.05, 0.1) is 11.5 Å². The smallest absolute Gasteiger partial charge is 0.395 e. The fourth-order valence-corrected chi connectivity index (χ4v) is 4.60. The highest BCUT2D eigenvalue weighted by molar-refractivity contribution is 7.91. The number of fused-ring (bicyclic) bond motifs is 1. The van der Waals surface area contributed by atoms with Gasteiger partial charge in [0.15, 0.2) is 21.3 Å². The number of para-hydroxylation sites is 1. The Morgan fingerprint density at radius 3 is 2.88 bits per heavy atom. The van der Waals surface area contributed by atoms with Crippen LogP contribution in [0, 0.1) is 0 Å². The molecule has 10 heteroatoms. The molecule has 1 fully saturated rings. The van der Waals surface area contributed by atoms with E-state index < -0.39 is 22.2 Å². The van der Waals surface area contributed by atoms with Crippen LogP contribution in [0.1, 0.15) is 12.0 Å². The van der Waals surface area contributed by atoms with Crippen LogP contribution in [0.4, 0.5) is 8.78 Å². The second-order valence-corrected chi connectivity index (χ2v) is 8.26. The number of halogens is 2. The van der Waals surface area contributed by atoms with E-state index in [1.807, 2.05) is 0 Å². The molecule has 2 aliphatic rings. The maximum atomic E-state index is 13.3.